The van der Waals surface area contributed by atoms with Crippen LogP contribution < -0.4 is 15.4 Å². The van der Waals surface area contributed by atoms with Crippen LogP contribution in [0.25, 0.3) is 6.08 Å². The highest BCUT2D eigenvalue weighted by molar-refractivity contribution is 7.98. The highest BCUT2D eigenvalue weighted by Crippen LogP contribution is 2.15. The Balaban J connectivity index is 2.32. The molecule has 0 bridgehead atoms. The zero-order valence-electron chi connectivity index (χ0n) is 17.9. The van der Waals surface area contributed by atoms with Gasteiger partial charge in [0.1, 0.15) is 17.5 Å². The molecule has 2 rings (SSSR count). The number of aliphatic carboxylic acids is 1. The number of carboxylic acids is 1. The zero-order chi connectivity index (χ0) is 24.4. The van der Waals surface area contributed by atoms with Crippen LogP contribution in [0.1, 0.15) is 22.3 Å². The van der Waals surface area contributed by atoms with Crippen LogP contribution in [-0.4, -0.2) is 53.0 Å². The van der Waals surface area contributed by atoms with Crippen molar-refractivity contribution in [3.63, 3.8) is 0 Å². The average Bonchev–Trinajstić information content (AvgIpc) is 2.81. The molecule has 3 N–H and O–H groups in total. The van der Waals surface area contributed by atoms with E-state index in [4.69, 9.17) is 4.74 Å². The fraction of sp³-hybridized carbons (Fsp3) is 0.227. The number of hydrogen-bond donors (Lipinski definition) is 3. The largest absolute Gasteiger partial charge is 0.497 e. The zero-order valence-corrected chi connectivity index (χ0v) is 18.8. The Bertz CT molecular complexity index is 1040. The topological polar surface area (TPSA) is 148 Å². The van der Waals surface area contributed by atoms with Gasteiger partial charge in [-0.2, -0.15) is 11.8 Å². The SMILES string of the molecule is COc1ccc(C(=O)N/C(=C\c2ccc([N+](=O)[O-])cc2)C(=O)N[C@H](CCSC)C(=O)O)cc1. The summed E-state index contributed by atoms with van der Waals surface area (Å²) in [5, 5.41) is 25.2. The van der Waals surface area contributed by atoms with Crippen LogP contribution in [0, 0.1) is 10.1 Å². The van der Waals surface area contributed by atoms with Gasteiger partial charge in [0.25, 0.3) is 17.5 Å². The molecule has 0 fully saturated rings. The maximum absolute atomic E-state index is 12.9. The molecule has 2 aromatic rings. The van der Waals surface area contributed by atoms with Gasteiger partial charge in [-0.1, -0.05) is 0 Å². The number of hydrogen-bond acceptors (Lipinski definition) is 7. The first kappa shape index (κ1) is 25.4. The van der Waals surface area contributed by atoms with E-state index in [0.717, 1.165) is 0 Å². The van der Waals surface area contributed by atoms with Crippen LogP contribution in [-0.2, 0) is 9.59 Å². The summed E-state index contributed by atoms with van der Waals surface area (Å²) in [7, 11) is 1.49. The number of carbonyl (C=O) groups excluding carboxylic acids is 2. The summed E-state index contributed by atoms with van der Waals surface area (Å²) < 4.78 is 5.06. The molecular weight excluding hydrogens is 450 g/mol. The number of benzene rings is 2. The normalized spacial score (nSPS) is 11.9. The van der Waals surface area contributed by atoms with Gasteiger partial charge in [0.05, 0.1) is 12.0 Å². The molecule has 0 spiro atoms. The second kappa shape index (κ2) is 12.2. The van der Waals surface area contributed by atoms with Crippen LogP contribution in [0.3, 0.4) is 0 Å². The number of thioether (sulfide) groups is 1. The molecule has 2 amide bonds. The monoisotopic (exact) mass is 473 g/mol. The van der Waals surface area contributed by atoms with Gasteiger partial charge in [0.15, 0.2) is 0 Å². The van der Waals surface area contributed by atoms with Crippen molar-refractivity contribution in [2.24, 2.45) is 0 Å². The first-order valence-corrected chi connectivity index (χ1v) is 11.1. The summed E-state index contributed by atoms with van der Waals surface area (Å²) in [6.07, 6.45) is 3.32. The van der Waals surface area contributed by atoms with Crippen molar-refractivity contribution >= 4 is 41.3 Å². The average molecular weight is 474 g/mol. The van der Waals surface area contributed by atoms with Crippen molar-refractivity contribution in [2.75, 3.05) is 19.1 Å². The molecule has 0 saturated heterocycles. The number of amides is 2. The summed E-state index contributed by atoms with van der Waals surface area (Å²) in [5.41, 5.74) is 0.302. The van der Waals surface area contributed by atoms with Crippen LogP contribution in [0.15, 0.2) is 54.2 Å². The van der Waals surface area contributed by atoms with E-state index in [1.807, 2.05) is 6.26 Å². The lowest BCUT2D eigenvalue weighted by Crippen LogP contribution is -2.44. The number of nitro benzene ring substituents is 1. The van der Waals surface area contributed by atoms with Gasteiger partial charge < -0.3 is 20.5 Å². The van der Waals surface area contributed by atoms with Gasteiger partial charge in [-0.15, -0.1) is 0 Å². The second-order valence-electron chi connectivity index (χ2n) is 6.74. The highest BCUT2D eigenvalue weighted by atomic mass is 32.2. The van der Waals surface area contributed by atoms with Gasteiger partial charge in [-0.25, -0.2) is 4.79 Å². The van der Waals surface area contributed by atoms with E-state index in [1.165, 1.54) is 61.3 Å². The minimum absolute atomic E-state index is 0.136. The molecule has 2 aromatic carbocycles. The van der Waals surface area contributed by atoms with Crippen molar-refractivity contribution in [1.29, 1.82) is 0 Å². The van der Waals surface area contributed by atoms with Crippen molar-refractivity contribution in [1.82, 2.24) is 10.6 Å². The Hall–Kier alpha value is -3.86. The van der Waals surface area contributed by atoms with E-state index in [0.29, 0.717) is 17.1 Å². The number of nitrogens with zero attached hydrogens (tertiary/aromatic N) is 1. The molecule has 1 atom stereocenters. The number of nitro groups is 1. The number of ether oxygens (including phenoxy) is 1. The van der Waals surface area contributed by atoms with E-state index < -0.39 is 28.7 Å². The maximum atomic E-state index is 12.9. The molecule has 0 unspecified atom stereocenters. The molecule has 0 aromatic heterocycles. The Morgan fingerprint density at radius 1 is 1.15 bits per heavy atom. The summed E-state index contributed by atoms with van der Waals surface area (Å²) in [5.74, 6) is -1.55. The predicted octanol–water partition coefficient (Wildman–Crippen LogP) is 2.70. The van der Waals surface area contributed by atoms with Crippen molar-refractivity contribution in [3.05, 3.63) is 75.5 Å². The van der Waals surface area contributed by atoms with E-state index in [2.05, 4.69) is 10.6 Å². The number of carbonyl (C=O) groups is 3. The molecule has 0 aliphatic heterocycles. The summed E-state index contributed by atoms with van der Waals surface area (Å²) in [4.78, 5) is 47.4. The van der Waals surface area contributed by atoms with Gasteiger partial charge in [0.2, 0.25) is 0 Å². The summed E-state index contributed by atoms with van der Waals surface area (Å²) >= 11 is 1.44. The maximum Gasteiger partial charge on any atom is 0.326 e. The Labute approximate surface area is 194 Å². The predicted molar refractivity (Wildman–Crippen MR) is 124 cm³/mol. The minimum atomic E-state index is -1.20. The lowest BCUT2D eigenvalue weighted by molar-refractivity contribution is -0.384. The van der Waals surface area contributed by atoms with Gasteiger partial charge >= 0.3 is 5.97 Å². The number of rotatable bonds is 11. The van der Waals surface area contributed by atoms with Crippen LogP contribution in [0.4, 0.5) is 5.69 Å². The van der Waals surface area contributed by atoms with Gasteiger partial charge in [0, 0.05) is 17.7 Å². The van der Waals surface area contributed by atoms with Gasteiger partial charge in [-0.3, -0.25) is 19.7 Å². The number of non-ortho nitro benzene ring substituents is 1. The van der Waals surface area contributed by atoms with Crippen molar-refractivity contribution in [3.8, 4) is 5.75 Å². The van der Waals surface area contributed by atoms with E-state index in [1.54, 1.807) is 12.1 Å². The van der Waals surface area contributed by atoms with Crippen LogP contribution in [0.5, 0.6) is 5.75 Å². The van der Waals surface area contributed by atoms with Crippen molar-refractivity contribution < 1.29 is 29.2 Å². The van der Waals surface area contributed by atoms with Crippen LogP contribution >= 0.6 is 11.8 Å². The number of carboxylic acid groups (broad SMARTS) is 1. The van der Waals surface area contributed by atoms with E-state index in [-0.39, 0.29) is 23.4 Å². The molecule has 10 nitrogen and oxygen atoms in total. The molecule has 0 saturated carbocycles. The van der Waals surface area contributed by atoms with Crippen LogP contribution in [0.2, 0.25) is 0 Å². The summed E-state index contributed by atoms with van der Waals surface area (Å²) in [6.45, 7) is 0. The smallest absolute Gasteiger partial charge is 0.326 e. The molecule has 0 aliphatic rings. The number of nitrogens with one attached hydrogen (secondary N) is 2. The fourth-order valence-electron chi connectivity index (χ4n) is 2.68. The quantitative estimate of drug-likeness (QED) is 0.256. The van der Waals surface area contributed by atoms with Gasteiger partial charge in [-0.05, 0) is 66.5 Å². The lowest BCUT2D eigenvalue weighted by atomic mass is 10.1. The molecule has 33 heavy (non-hydrogen) atoms. The Kier molecular flexibility index (Phi) is 9.43. The van der Waals surface area contributed by atoms with E-state index >= 15 is 0 Å². The molecular formula is C22H23N3O7S. The number of methoxy groups -OCH3 is 1. The molecule has 0 heterocycles. The Morgan fingerprint density at radius 2 is 1.79 bits per heavy atom. The summed E-state index contributed by atoms with van der Waals surface area (Å²) in [6, 6.07) is 10.4. The van der Waals surface area contributed by atoms with Crippen molar-refractivity contribution in [2.45, 2.75) is 12.5 Å². The second-order valence-corrected chi connectivity index (χ2v) is 7.72. The molecule has 0 aliphatic carbocycles. The first-order valence-electron chi connectivity index (χ1n) is 9.69. The lowest BCUT2D eigenvalue weighted by Gasteiger charge is -2.16. The van der Waals surface area contributed by atoms with E-state index in [9.17, 15) is 29.6 Å². The Morgan fingerprint density at radius 3 is 2.30 bits per heavy atom. The molecule has 11 heteroatoms. The molecule has 174 valence electrons. The third kappa shape index (κ3) is 7.65. The first-order chi connectivity index (χ1) is 15.7. The highest BCUT2D eigenvalue weighted by Gasteiger charge is 2.23. The third-order valence-corrected chi connectivity index (χ3v) is 5.12. The fourth-order valence-corrected chi connectivity index (χ4v) is 3.15. The molecule has 0 radical (unpaired) electrons. The minimum Gasteiger partial charge on any atom is -0.497 e. The standard InChI is InChI=1S/C22H23N3O7S/c1-32-17-9-5-15(6-10-17)20(26)24-19(13-14-3-7-16(8-4-14)25(30)31)21(27)23-18(22(28)29)11-12-33-2/h3-10,13,18H,11-12H2,1-2H3,(H,23,27)(H,24,26)(H,28,29)/b19-13-/t18-/m1/s1. The third-order valence-electron chi connectivity index (χ3n) is 4.47.